The Bertz CT molecular complexity index is 485. The lowest BCUT2D eigenvalue weighted by Crippen LogP contribution is -2.30. The molecular weight excluding hydrogens is 302 g/mol. The van der Waals surface area contributed by atoms with E-state index in [1.807, 2.05) is 0 Å². The number of methoxy groups -OCH3 is 1. The largest absolute Gasteiger partial charge is 0.490 e. The zero-order valence-corrected chi connectivity index (χ0v) is 12.0. The van der Waals surface area contributed by atoms with Gasteiger partial charge in [-0.2, -0.15) is 0 Å². The molecule has 0 amide bonds. The van der Waals surface area contributed by atoms with Gasteiger partial charge in [-0.1, -0.05) is 22.0 Å². The number of nitrogens with zero attached hydrogens (tertiary/aromatic N) is 1. The highest BCUT2D eigenvalue weighted by Crippen LogP contribution is 2.33. The number of ether oxygens (including phenoxy) is 1. The summed E-state index contributed by atoms with van der Waals surface area (Å²) in [5.74, 6) is 0.146. The minimum Gasteiger partial charge on any atom is -0.490 e. The Morgan fingerprint density at radius 1 is 1.50 bits per heavy atom. The number of alkyl halides is 1. The van der Waals surface area contributed by atoms with Gasteiger partial charge < -0.3 is 4.74 Å². The molecule has 0 aliphatic carbocycles. The SMILES string of the molecule is COc1ccc(C(C)(C)C(=O)CBr)cc1[N+](=O)[O-]. The molecule has 0 N–H and O–H groups in total. The van der Waals surface area contributed by atoms with Gasteiger partial charge in [0.05, 0.1) is 17.4 Å². The molecule has 0 saturated heterocycles. The fourth-order valence-electron chi connectivity index (χ4n) is 1.55. The van der Waals surface area contributed by atoms with Crippen LogP contribution in [0.1, 0.15) is 19.4 Å². The molecule has 98 valence electrons. The Hall–Kier alpha value is -1.43. The molecule has 0 unspecified atom stereocenters. The van der Waals surface area contributed by atoms with E-state index in [2.05, 4.69) is 15.9 Å². The molecular formula is C12H14BrNO4. The van der Waals surface area contributed by atoms with Crippen LogP contribution in [-0.4, -0.2) is 23.1 Å². The van der Waals surface area contributed by atoms with Gasteiger partial charge >= 0.3 is 5.69 Å². The second kappa shape index (κ2) is 5.48. The summed E-state index contributed by atoms with van der Waals surface area (Å²) in [6, 6.07) is 4.57. The predicted molar refractivity (Wildman–Crippen MR) is 71.5 cm³/mol. The molecule has 18 heavy (non-hydrogen) atoms. The van der Waals surface area contributed by atoms with Crippen molar-refractivity contribution < 1.29 is 14.5 Å². The lowest BCUT2D eigenvalue weighted by atomic mass is 9.81. The van der Waals surface area contributed by atoms with Gasteiger partial charge in [0.1, 0.15) is 0 Å². The van der Waals surface area contributed by atoms with E-state index in [1.54, 1.807) is 19.9 Å². The molecule has 1 aromatic carbocycles. The summed E-state index contributed by atoms with van der Waals surface area (Å²) in [5, 5.41) is 11.1. The van der Waals surface area contributed by atoms with E-state index in [9.17, 15) is 14.9 Å². The van der Waals surface area contributed by atoms with Crippen molar-refractivity contribution in [1.82, 2.24) is 0 Å². The monoisotopic (exact) mass is 315 g/mol. The van der Waals surface area contributed by atoms with Crippen molar-refractivity contribution in [2.75, 3.05) is 12.4 Å². The topological polar surface area (TPSA) is 69.4 Å². The fourth-order valence-corrected chi connectivity index (χ4v) is 2.25. The highest BCUT2D eigenvalue weighted by Gasteiger charge is 2.31. The number of benzene rings is 1. The molecule has 0 bridgehead atoms. The predicted octanol–water partition coefficient (Wildman–Crippen LogP) is 2.85. The summed E-state index contributed by atoms with van der Waals surface area (Å²) in [5.41, 5.74) is -0.314. The van der Waals surface area contributed by atoms with Crippen LogP contribution in [0, 0.1) is 10.1 Å². The maximum absolute atomic E-state index is 11.8. The number of halogens is 1. The first-order valence-corrected chi connectivity index (χ1v) is 6.39. The van der Waals surface area contributed by atoms with Crippen LogP contribution in [0.2, 0.25) is 0 Å². The Balaban J connectivity index is 3.32. The molecule has 0 fully saturated rings. The van der Waals surface area contributed by atoms with Gasteiger partial charge in [-0.15, -0.1) is 0 Å². The molecule has 5 nitrogen and oxygen atoms in total. The first kappa shape index (κ1) is 14.6. The van der Waals surface area contributed by atoms with E-state index < -0.39 is 10.3 Å². The quantitative estimate of drug-likeness (QED) is 0.476. The van der Waals surface area contributed by atoms with Gasteiger partial charge in [0.25, 0.3) is 0 Å². The smallest absolute Gasteiger partial charge is 0.311 e. The number of nitro benzene ring substituents is 1. The van der Waals surface area contributed by atoms with Crippen molar-refractivity contribution >= 4 is 27.4 Å². The highest BCUT2D eigenvalue weighted by atomic mass is 79.9. The average Bonchev–Trinajstić information content (AvgIpc) is 2.36. The number of carbonyl (C=O) groups is 1. The maximum Gasteiger partial charge on any atom is 0.311 e. The molecule has 0 saturated carbocycles. The second-order valence-corrected chi connectivity index (χ2v) is 4.89. The van der Waals surface area contributed by atoms with Crippen molar-refractivity contribution in [1.29, 1.82) is 0 Å². The third kappa shape index (κ3) is 2.69. The lowest BCUT2D eigenvalue weighted by Gasteiger charge is -2.22. The fraction of sp³-hybridized carbons (Fsp3) is 0.417. The number of ketones is 1. The Morgan fingerprint density at radius 2 is 2.11 bits per heavy atom. The van der Waals surface area contributed by atoms with E-state index in [-0.39, 0.29) is 22.6 Å². The lowest BCUT2D eigenvalue weighted by molar-refractivity contribution is -0.385. The van der Waals surface area contributed by atoms with Crippen molar-refractivity contribution in [3.63, 3.8) is 0 Å². The normalized spacial score (nSPS) is 11.1. The molecule has 0 aromatic heterocycles. The third-order valence-electron chi connectivity index (χ3n) is 2.92. The van der Waals surface area contributed by atoms with Gasteiger partial charge in [0.2, 0.25) is 0 Å². The van der Waals surface area contributed by atoms with E-state index in [0.29, 0.717) is 5.56 Å². The summed E-state index contributed by atoms with van der Waals surface area (Å²) < 4.78 is 4.93. The van der Waals surface area contributed by atoms with E-state index >= 15 is 0 Å². The van der Waals surface area contributed by atoms with Crippen molar-refractivity contribution in [2.45, 2.75) is 19.3 Å². The molecule has 1 aromatic rings. The molecule has 0 heterocycles. The van der Waals surface area contributed by atoms with Crippen LogP contribution in [0.5, 0.6) is 5.75 Å². The van der Waals surface area contributed by atoms with Crippen molar-refractivity contribution in [3.8, 4) is 5.75 Å². The van der Waals surface area contributed by atoms with Crippen LogP contribution in [0.3, 0.4) is 0 Å². The summed E-state index contributed by atoms with van der Waals surface area (Å²) >= 11 is 3.12. The van der Waals surface area contributed by atoms with Crippen LogP contribution >= 0.6 is 15.9 Å². The summed E-state index contributed by atoms with van der Waals surface area (Å²) in [6.45, 7) is 3.48. The van der Waals surface area contributed by atoms with E-state index in [0.717, 1.165) is 0 Å². The minimum atomic E-state index is -0.777. The first-order valence-electron chi connectivity index (χ1n) is 5.26. The van der Waals surface area contributed by atoms with Crippen molar-refractivity contribution in [3.05, 3.63) is 33.9 Å². The molecule has 6 heteroatoms. The Kier molecular flexibility index (Phi) is 4.45. The van der Waals surface area contributed by atoms with Gasteiger partial charge in [0.15, 0.2) is 11.5 Å². The number of hydrogen-bond acceptors (Lipinski definition) is 4. The Morgan fingerprint density at radius 3 is 2.56 bits per heavy atom. The summed E-state index contributed by atoms with van der Waals surface area (Å²) in [7, 11) is 1.37. The summed E-state index contributed by atoms with van der Waals surface area (Å²) in [6.07, 6.45) is 0. The van der Waals surface area contributed by atoms with Crippen LogP contribution in [0.4, 0.5) is 5.69 Å². The molecule has 0 atom stereocenters. The number of nitro groups is 1. The van der Waals surface area contributed by atoms with Gasteiger partial charge in [-0.05, 0) is 25.5 Å². The second-order valence-electron chi connectivity index (χ2n) is 4.33. The van der Waals surface area contributed by atoms with E-state index in [4.69, 9.17) is 4.74 Å². The number of hydrogen-bond donors (Lipinski definition) is 0. The van der Waals surface area contributed by atoms with Crippen LogP contribution in [-0.2, 0) is 10.2 Å². The van der Waals surface area contributed by atoms with Crippen molar-refractivity contribution in [2.24, 2.45) is 0 Å². The number of carbonyl (C=O) groups excluding carboxylic acids is 1. The third-order valence-corrected chi connectivity index (χ3v) is 3.42. The number of Topliss-reactive ketones (excluding diaryl/α,β-unsaturated/α-hetero) is 1. The van der Waals surface area contributed by atoms with Crippen LogP contribution in [0.25, 0.3) is 0 Å². The zero-order valence-electron chi connectivity index (χ0n) is 10.4. The van der Waals surface area contributed by atoms with Crippen LogP contribution < -0.4 is 4.74 Å². The average molecular weight is 316 g/mol. The summed E-state index contributed by atoms with van der Waals surface area (Å²) in [4.78, 5) is 22.2. The van der Waals surface area contributed by atoms with Gasteiger partial charge in [0, 0.05) is 11.5 Å². The molecule has 1 rings (SSSR count). The van der Waals surface area contributed by atoms with Gasteiger partial charge in [-0.25, -0.2) is 0 Å². The standard InChI is InChI=1S/C12H14BrNO4/c1-12(2,11(15)7-13)8-4-5-10(18-3)9(6-8)14(16)17/h4-6H,7H2,1-3H3. The molecule has 0 aliphatic heterocycles. The molecule has 0 aliphatic rings. The minimum absolute atomic E-state index is 0.0398. The Labute approximate surface area is 113 Å². The van der Waals surface area contributed by atoms with Gasteiger partial charge in [-0.3, -0.25) is 14.9 Å². The van der Waals surface area contributed by atoms with Crippen LogP contribution in [0.15, 0.2) is 18.2 Å². The van der Waals surface area contributed by atoms with E-state index in [1.165, 1.54) is 19.2 Å². The zero-order chi connectivity index (χ0) is 13.9. The highest BCUT2D eigenvalue weighted by molar-refractivity contribution is 9.09. The molecule has 0 radical (unpaired) electrons. The maximum atomic E-state index is 11.8. The molecule has 0 spiro atoms. The first-order chi connectivity index (χ1) is 8.34. The number of rotatable bonds is 5.